The van der Waals surface area contributed by atoms with Crippen LogP contribution in [-0.4, -0.2) is 85.2 Å². The zero-order chi connectivity index (χ0) is 29.0. The second-order valence-corrected chi connectivity index (χ2v) is 14.8. The summed E-state index contributed by atoms with van der Waals surface area (Å²) in [7, 11) is -8.58. The summed E-state index contributed by atoms with van der Waals surface area (Å²) in [6, 6.07) is 3.14. The van der Waals surface area contributed by atoms with E-state index in [9.17, 15) is 31.7 Å². The minimum atomic E-state index is -4.45. The van der Waals surface area contributed by atoms with Crippen molar-refractivity contribution in [3.8, 4) is 0 Å². The number of hydrogen-bond donors (Lipinski definition) is 0. The van der Waals surface area contributed by atoms with Crippen LogP contribution in [0.3, 0.4) is 0 Å². The fourth-order valence-electron chi connectivity index (χ4n) is 5.19. The summed E-state index contributed by atoms with van der Waals surface area (Å²) in [5.74, 6) is -1.15. The Hall–Kier alpha value is -2.35. The molecule has 1 aromatic rings. The molecule has 0 unspecified atom stereocenters. The van der Waals surface area contributed by atoms with Crippen LogP contribution in [0.1, 0.15) is 53.4 Å². The van der Waals surface area contributed by atoms with Gasteiger partial charge < -0.3 is 4.90 Å². The van der Waals surface area contributed by atoms with Gasteiger partial charge >= 0.3 is 0 Å². The average molecular weight is 585 g/mol. The van der Waals surface area contributed by atoms with Gasteiger partial charge in [0.25, 0.3) is 5.69 Å². The van der Waals surface area contributed by atoms with E-state index in [0.717, 1.165) is 35.7 Å². The molecule has 218 valence electrons. The average Bonchev–Trinajstić information content (AvgIpc) is 2.94. The minimum absolute atomic E-state index is 0.0481. The highest BCUT2D eigenvalue weighted by atomic mass is 32.2. The normalized spacial score (nSPS) is 23.1. The molecule has 0 N–H and O–H groups in total. The zero-order valence-corrected chi connectivity index (χ0v) is 24.7. The molecule has 3 rings (SSSR count). The van der Waals surface area contributed by atoms with Crippen molar-refractivity contribution in [3.05, 3.63) is 46.5 Å². The topological polar surface area (TPSA) is 138 Å². The number of carbonyl (C=O) groups is 1. The van der Waals surface area contributed by atoms with Gasteiger partial charge in [0.2, 0.25) is 26.0 Å². The van der Waals surface area contributed by atoms with Crippen molar-refractivity contribution in [2.24, 2.45) is 11.8 Å². The van der Waals surface area contributed by atoms with E-state index in [1.165, 1.54) is 16.4 Å². The lowest BCUT2D eigenvalue weighted by Gasteiger charge is -2.37. The molecule has 13 heteroatoms. The van der Waals surface area contributed by atoms with Crippen molar-refractivity contribution < 1.29 is 26.6 Å². The van der Waals surface area contributed by atoms with Crippen LogP contribution in [0, 0.1) is 22.0 Å². The van der Waals surface area contributed by atoms with E-state index in [4.69, 9.17) is 0 Å². The molecule has 0 spiro atoms. The Kier molecular flexibility index (Phi) is 10.3. The number of amides is 1. The Bertz CT molecular complexity index is 1270. The van der Waals surface area contributed by atoms with Gasteiger partial charge in [-0.1, -0.05) is 52.0 Å². The largest absolute Gasteiger partial charge is 0.341 e. The van der Waals surface area contributed by atoms with E-state index < -0.39 is 59.3 Å². The van der Waals surface area contributed by atoms with Crippen LogP contribution in [0.15, 0.2) is 41.3 Å². The molecule has 11 nitrogen and oxygen atoms in total. The predicted molar refractivity (Wildman–Crippen MR) is 149 cm³/mol. The van der Waals surface area contributed by atoms with Crippen LogP contribution >= 0.6 is 0 Å². The van der Waals surface area contributed by atoms with E-state index in [2.05, 4.69) is 0 Å². The maximum atomic E-state index is 14.0. The molecule has 0 radical (unpaired) electrons. The molecular weight excluding hydrogens is 544 g/mol. The molecule has 39 heavy (non-hydrogen) atoms. The van der Waals surface area contributed by atoms with Crippen LogP contribution in [0.5, 0.6) is 0 Å². The minimum Gasteiger partial charge on any atom is -0.341 e. The van der Waals surface area contributed by atoms with Gasteiger partial charge in [0.1, 0.15) is 6.04 Å². The highest BCUT2D eigenvalue weighted by molar-refractivity contribution is 7.90. The van der Waals surface area contributed by atoms with Crippen LogP contribution in [0.25, 0.3) is 0 Å². The Morgan fingerprint density at radius 3 is 2.26 bits per heavy atom. The number of para-hydroxylation sites is 1. The SMILES string of the molecule is CC(C)C[C@H](C(=O)N1CCCCC1)N1C/C=C\CN(S(=O)(=O)c2ccccc2[N+](=O)[O-])[C@@H](C(C)C)CS1(=O)=O. The third-order valence-corrected chi connectivity index (χ3v) is 11.1. The molecule has 2 aliphatic rings. The van der Waals surface area contributed by atoms with E-state index in [0.29, 0.717) is 19.5 Å². The lowest BCUT2D eigenvalue weighted by Crippen LogP contribution is -2.55. The first kappa shape index (κ1) is 31.2. The molecule has 0 saturated carbocycles. The van der Waals surface area contributed by atoms with Crippen molar-refractivity contribution in [2.45, 2.75) is 70.4 Å². The quantitative estimate of drug-likeness (QED) is 0.260. The first-order valence-corrected chi connectivity index (χ1v) is 16.5. The van der Waals surface area contributed by atoms with Gasteiger partial charge in [0.05, 0.1) is 10.7 Å². The van der Waals surface area contributed by atoms with Crippen molar-refractivity contribution in [2.75, 3.05) is 31.9 Å². The molecule has 1 amide bonds. The number of piperidine rings is 1. The first-order chi connectivity index (χ1) is 18.3. The van der Waals surface area contributed by atoms with Gasteiger partial charge in [-0.15, -0.1) is 0 Å². The first-order valence-electron chi connectivity index (χ1n) is 13.5. The summed E-state index contributed by atoms with van der Waals surface area (Å²) >= 11 is 0. The van der Waals surface area contributed by atoms with Crippen molar-refractivity contribution >= 4 is 31.6 Å². The maximum absolute atomic E-state index is 14.0. The number of nitro groups is 1. The Labute approximate surface area is 232 Å². The fraction of sp³-hybridized carbons (Fsp3) is 0.654. The van der Waals surface area contributed by atoms with E-state index >= 15 is 0 Å². The van der Waals surface area contributed by atoms with E-state index in [1.807, 2.05) is 13.8 Å². The summed E-state index contributed by atoms with van der Waals surface area (Å²) in [6.45, 7) is 8.28. The van der Waals surface area contributed by atoms with Crippen molar-refractivity contribution in [3.63, 3.8) is 0 Å². The van der Waals surface area contributed by atoms with Crippen LogP contribution in [-0.2, 0) is 24.8 Å². The number of nitro benzene ring substituents is 1. The Morgan fingerprint density at radius 2 is 1.67 bits per heavy atom. The monoisotopic (exact) mass is 584 g/mol. The fourth-order valence-corrected chi connectivity index (χ4v) is 9.21. The zero-order valence-electron chi connectivity index (χ0n) is 23.1. The number of carbonyl (C=O) groups excluding carboxylic acids is 1. The molecule has 0 bridgehead atoms. The van der Waals surface area contributed by atoms with Crippen LogP contribution in [0.4, 0.5) is 5.69 Å². The van der Waals surface area contributed by atoms with Gasteiger partial charge in [0.15, 0.2) is 4.90 Å². The molecule has 2 atom stereocenters. The number of likely N-dealkylation sites (tertiary alicyclic amines) is 1. The lowest BCUT2D eigenvalue weighted by atomic mass is 10.0. The third-order valence-electron chi connectivity index (χ3n) is 7.26. The van der Waals surface area contributed by atoms with Crippen molar-refractivity contribution in [1.29, 1.82) is 0 Å². The van der Waals surface area contributed by atoms with Gasteiger partial charge in [0, 0.05) is 38.3 Å². The molecule has 0 aromatic heterocycles. The number of benzene rings is 1. The number of rotatable bonds is 8. The second-order valence-electron chi connectivity index (χ2n) is 11.0. The summed E-state index contributed by atoms with van der Waals surface area (Å²) in [4.78, 5) is 25.8. The van der Waals surface area contributed by atoms with E-state index in [1.54, 1.807) is 30.9 Å². The summed E-state index contributed by atoms with van der Waals surface area (Å²) < 4.78 is 57.9. The summed E-state index contributed by atoms with van der Waals surface area (Å²) in [6.07, 6.45) is 6.25. The predicted octanol–water partition coefficient (Wildman–Crippen LogP) is 3.24. The molecular formula is C26H40N4O7S2. The summed E-state index contributed by atoms with van der Waals surface area (Å²) in [5.41, 5.74) is -0.572. The Balaban J connectivity index is 2.05. The van der Waals surface area contributed by atoms with Crippen molar-refractivity contribution in [1.82, 2.24) is 13.5 Å². The Morgan fingerprint density at radius 1 is 1.05 bits per heavy atom. The van der Waals surface area contributed by atoms with Crippen LogP contribution in [0.2, 0.25) is 0 Å². The third kappa shape index (κ3) is 7.24. The highest BCUT2D eigenvalue weighted by Gasteiger charge is 2.43. The number of hydrogen-bond acceptors (Lipinski definition) is 7. The molecule has 2 heterocycles. The van der Waals surface area contributed by atoms with Gasteiger partial charge in [-0.05, 0) is 43.6 Å². The van der Waals surface area contributed by atoms with Gasteiger partial charge in [-0.2, -0.15) is 8.61 Å². The standard InChI is InChI=1S/C26H40N4O7S2/c1-20(2)18-23(26(31)27-14-8-5-9-15-27)28-16-10-11-17-29(24(21(3)4)19-38(28,34)35)39(36,37)25-13-7-6-12-22(25)30(32)33/h6-7,10-13,20-21,23-24H,5,8-9,14-19H2,1-4H3/b11-10-/t23-,24-/m1/s1. The number of nitrogens with zero attached hydrogens (tertiary/aromatic N) is 4. The van der Waals surface area contributed by atoms with Gasteiger partial charge in [-0.25, -0.2) is 16.8 Å². The molecule has 0 aliphatic carbocycles. The smallest absolute Gasteiger partial charge is 0.289 e. The number of sulfonamides is 2. The van der Waals surface area contributed by atoms with Crippen LogP contribution < -0.4 is 0 Å². The maximum Gasteiger partial charge on any atom is 0.289 e. The highest BCUT2D eigenvalue weighted by Crippen LogP contribution is 2.31. The molecule has 2 aliphatic heterocycles. The molecule has 1 saturated heterocycles. The lowest BCUT2D eigenvalue weighted by molar-refractivity contribution is -0.387. The summed E-state index contributed by atoms with van der Waals surface area (Å²) in [5, 5.41) is 11.6. The molecule has 1 aromatic carbocycles. The molecule has 1 fully saturated rings. The second kappa shape index (κ2) is 12.9. The van der Waals surface area contributed by atoms with E-state index in [-0.39, 0.29) is 24.9 Å². The van der Waals surface area contributed by atoms with Gasteiger partial charge in [-0.3, -0.25) is 14.9 Å².